The Labute approximate surface area is 244 Å². The van der Waals surface area contributed by atoms with Crippen LogP contribution in [0.2, 0.25) is 5.02 Å². The zero-order valence-corrected chi connectivity index (χ0v) is 23.2. The zero-order valence-electron chi connectivity index (χ0n) is 22.5. The second-order valence-electron chi connectivity index (χ2n) is 9.87. The van der Waals surface area contributed by atoms with Crippen LogP contribution in [0.1, 0.15) is 22.6 Å². The topological polar surface area (TPSA) is 71.3 Å². The summed E-state index contributed by atoms with van der Waals surface area (Å²) in [4.78, 5) is 18.4. The Morgan fingerprint density at radius 2 is 1.54 bits per heavy atom. The average Bonchev–Trinajstić information content (AvgIpc) is 3.38. The SMILES string of the molecule is Bc1cnn2c(NCc3cccc(NC(=O)C(c4ccccc4)c4ccccc4)c3)cc(-c3ccccc3Cl)nc12. The Balaban J connectivity index is 1.24. The number of benzene rings is 4. The molecular formula is C33H27BClN5O. The summed E-state index contributed by atoms with van der Waals surface area (Å²) in [5.41, 5.74) is 6.99. The van der Waals surface area contributed by atoms with Crippen LogP contribution in [0.3, 0.4) is 0 Å². The van der Waals surface area contributed by atoms with Crippen LogP contribution in [0.15, 0.2) is 121 Å². The van der Waals surface area contributed by atoms with Crippen LogP contribution in [0.25, 0.3) is 16.9 Å². The molecule has 0 unspecified atom stereocenters. The van der Waals surface area contributed by atoms with Crippen LogP contribution in [0, 0.1) is 0 Å². The van der Waals surface area contributed by atoms with E-state index >= 15 is 0 Å². The molecule has 1 amide bonds. The van der Waals surface area contributed by atoms with Gasteiger partial charge >= 0.3 is 0 Å². The largest absolute Gasteiger partial charge is 0.366 e. The summed E-state index contributed by atoms with van der Waals surface area (Å²) < 4.78 is 1.80. The standard InChI is InChI=1S/C33H27BClN5O/c34-27-21-37-40-30(19-29(39-32(27)40)26-16-7-8-17-28(26)35)36-20-22-10-9-15-25(18-22)38-33(41)31(23-11-3-1-4-12-23)24-13-5-2-6-14-24/h1-19,21,31,36H,20,34H2,(H,38,41). The van der Waals surface area contributed by atoms with Gasteiger partial charge in [-0.2, -0.15) is 9.61 Å². The van der Waals surface area contributed by atoms with E-state index in [0.29, 0.717) is 11.6 Å². The second kappa shape index (κ2) is 11.7. The van der Waals surface area contributed by atoms with Crippen molar-refractivity contribution in [3.8, 4) is 11.3 Å². The maximum atomic E-state index is 13.6. The van der Waals surface area contributed by atoms with E-state index in [9.17, 15) is 4.79 Å². The summed E-state index contributed by atoms with van der Waals surface area (Å²) >= 11 is 6.49. The van der Waals surface area contributed by atoms with Gasteiger partial charge in [0.05, 0.1) is 11.6 Å². The normalized spacial score (nSPS) is 11.1. The number of anilines is 2. The first-order chi connectivity index (χ1) is 20.1. The molecule has 4 aromatic carbocycles. The third kappa shape index (κ3) is 5.71. The minimum atomic E-state index is -0.421. The molecule has 0 fully saturated rings. The number of rotatable bonds is 8. The minimum absolute atomic E-state index is 0.0836. The van der Waals surface area contributed by atoms with E-state index in [1.165, 1.54) is 0 Å². The lowest BCUT2D eigenvalue weighted by Crippen LogP contribution is -2.22. The first kappa shape index (κ1) is 26.4. The van der Waals surface area contributed by atoms with E-state index < -0.39 is 5.92 Å². The van der Waals surface area contributed by atoms with Crippen molar-refractivity contribution in [3.05, 3.63) is 143 Å². The summed E-state index contributed by atoms with van der Waals surface area (Å²) in [6.45, 7) is 0.518. The molecule has 6 nitrogen and oxygen atoms in total. The lowest BCUT2D eigenvalue weighted by molar-refractivity contribution is -0.116. The molecule has 8 heteroatoms. The fourth-order valence-electron chi connectivity index (χ4n) is 4.96. The molecule has 0 saturated heterocycles. The summed E-state index contributed by atoms with van der Waals surface area (Å²) in [6.07, 6.45) is 1.80. The third-order valence-corrected chi connectivity index (χ3v) is 7.32. The van der Waals surface area contributed by atoms with Gasteiger partial charge in [-0.25, -0.2) is 4.98 Å². The number of nitrogens with one attached hydrogen (secondary N) is 2. The van der Waals surface area contributed by atoms with Crippen molar-refractivity contribution in [2.24, 2.45) is 0 Å². The molecule has 0 spiro atoms. The van der Waals surface area contributed by atoms with E-state index in [1.807, 2.05) is 123 Å². The van der Waals surface area contributed by atoms with Gasteiger partial charge in [0.15, 0.2) is 5.65 Å². The molecule has 0 bridgehead atoms. The summed E-state index contributed by atoms with van der Waals surface area (Å²) in [5, 5.41) is 11.8. The lowest BCUT2D eigenvalue weighted by Gasteiger charge is -2.18. The third-order valence-electron chi connectivity index (χ3n) is 6.99. The Morgan fingerprint density at radius 3 is 2.24 bits per heavy atom. The molecule has 2 N–H and O–H groups in total. The van der Waals surface area contributed by atoms with E-state index in [2.05, 4.69) is 15.7 Å². The average molecular weight is 556 g/mol. The van der Waals surface area contributed by atoms with Gasteiger partial charge in [-0.1, -0.05) is 103 Å². The Bertz CT molecular complexity index is 1790. The fourth-order valence-corrected chi connectivity index (χ4v) is 5.19. The van der Waals surface area contributed by atoms with Gasteiger partial charge in [0.1, 0.15) is 13.7 Å². The minimum Gasteiger partial charge on any atom is -0.366 e. The van der Waals surface area contributed by atoms with E-state index in [4.69, 9.17) is 16.6 Å². The number of fused-ring (bicyclic) bond motifs is 1. The molecule has 0 atom stereocenters. The molecule has 41 heavy (non-hydrogen) atoms. The Kier molecular flexibility index (Phi) is 7.52. The van der Waals surface area contributed by atoms with Crippen molar-refractivity contribution in [2.45, 2.75) is 12.5 Å². The molecular weight excluding hydrogens is 529 g/mol. The Hall–Kier alpha value is -4.88. The van der Waals surface area contributed by atoms with Crippen molar-refractivity contribution in [1.29, 1.82) is 0 Å². The zero-order chi connectivity index (χ0) is 28.2. The molecule has 200 valence electrons. The number of carbonyl (C=O) groups is 1. The van der Waals surface area contributed by atoms with Crippen molar-refractivity contribution >= 4 is 48.0 Å². The number of carbonyl (C=O) groups excluding carboxylic acids is 1. The molecule has 6 aromatic rings. The smallest absolute Gasteiger partial charge is 0.236 e. The fraction of sp³-hybridized carbons (Fsp3) is 0.0606. The van der Waals surface area contributed by atoms with Gasteiger partial charge in [0.2, 0.25) is 5.91 Å². The van der Waals surface area contributed by atoms with Gasteiger partial charge in [0, 0.05) is 35.1 Å². The number of hydrogen-bond acceptors (Lipinski definition) is 4. The summed E-state index contributed by atoms with van der Waals surface area (Å²) in [6, 6.07) is 37.2. The number of amides is 1. The molecule has 0 radical (unpaired) electrons. The van der Waals surface area contributed by atoms with Crippen LogP contribution in [0.5, 0.6) is 0 Å². The van der Waals surface area contributed by atoms with Crippen LogP contribution in [0.4, 0.5) is 11.5 Å². The predicted octanol–water partition coefficient (Wildman–Crippen LogP) is 5.69. The molecule has 2 aromatic heterocycles. The van der Waals surface area contributed by atoms with Crippen molar-refractivity contribution in [2.75, 3.05) is 10.6 Å². The molecule has 0 aliphatic carbocycles. The first-order valence-electron chi connectivity index (χ1n) is 13.4. The van der Waals surface area contributed by atoms with Gasteiger partial charge < -0.3 is 10.6 Å². The first-order valence-corrected chi connectivity index (χ1v) is 13.8. The highest BCUT2D eigenvalue weighted by Crippen LogP contribution is 2.29. The molecule has 0 aliphatic heterocycles. The van der Waals surface area contributed by atoms with Crippen molar-refractivity contribution in [1.82, 2.24) is 14.6 Å². The van der Waals surface area contributed by atoms with Gasteiger partial charge in [-0.05, 0) is 40.4 Å². The maximum Gasteiger partial charge on any atom is 0.236 e. The van der Waals surface area contributed by atoms with E-state index in [-0.39, 0.29) is 5.91 Å². The van der Waals surface area contributed by atoms with Gasteiger partial charge in [-0.15, -0.1) is 0 Å². The van der Waals surface area contributed by atoms with Crippen LogP contribution >= 0.6 is 11.6 Å². The van der Waals surface area contributed by atoms with Gasteiger partial charge in [-0.3, -0.25) is 4.79 Å². The highest BCUT2D eigenvalue weighted by Gasteiger charge is 2.22. The highest BCUT2D eigenvalue weighted by molar-refractivity contribution is 6.36. The second-order valence-corrected chi connectivity index (χ2v) is 10.3. The van der Waals surface area contributed by atoms with Crippen LogP contribution in [-0.2, 0) is 11.3 Å². The number of nitrogens with zero attached hydrogens (tertiary/aromatic N) is 3. The molecule has 2 heterocycles. The lowest BCUT2D eigenvalue weighted by atomic mass is 9.90. The van der Waals surface area contributed by atoms with Crippen molar-refractivity contribution in [3.63, 3.8) is 0 Å². The molecule has 0 saturated carbocycles. The maximum absolute atomic E-state index is 13.6. The number of halogens is 1. The van der Waals surface area contributed by atoms with Crippen LogP contribution < -0.4 is 16.1 Å². The van der Waals surface area contributed by atoms with Gasteiger partial charge in [0.25, 0.3) is 0 Å². The monoisotopic (exact) mass is 555 g/mol. The van der Waals surface area contributed by atoms with Crippen molar-refractivity contribution < 1.29 is 4.79 Å². The summed E-state index contributed by atoms with van der Waals surface area (Å²) in [7, 11) is 1.99. The Morgan fingerprint density at radius 1 is 0.854 bits per heavy atom. The van der Waals surface area contributed by atoms with E-state index in [0.717, 1.165) is 50.6 Å². The molecule has 0 aliphatic rings. The highest BCUT2D eigenvalue weighted by atomic mass is 35.5. The summed E-state index contributed by atoms with van der Waals surface area (Å²) in [5.74, 6) is 0.288. The quantitative estimate of drug-likeness (QED) is 0.237. The number of aromatic nitrogens is 3. The van der Waals surface area contributed by atoms with Crippen LogP contribution in [-0.4, -0.2) is 28.4 Å². The molecule has 6 rings (SSSR count). The van der Waals surface area contributed by atoms with E-state index in [1.54, 1.807) is 10.7 Å². The number of hydrogen-bond donors (Lipinski definition) is 2. The predicted molar refractivity (Wildman–Crippen MR) is 169 cm³/mol.